The maximum atomic E-state index is 14.6. The number of nitrogens with zero attached hydrogens (tertiary/aromatic N) is 1. The normalized spacial score (nSPS) is 11.4. The molecule has 0 saturated carbocycles. The number of rotatable bonds is 7. The second kappa shape index (κ2) is 13.6. The van der Waals surface area contributed by atoms with Crippen LogP contribution in [0.3, 0.4) is 0 Å². The highest BCUT2D eigenvalue weighted by Crippen LogP contribution is 2.45. The molecule has 10 rings (SSSR count). The Bertz CT molecular complexity index is 2980. The Labute approximate surface area is 319 Å². The van der Waals surface area contributed by atoms with Crippen LogP contribution in [0, 0.1) is 5.82 Å². The number of para-hydroxylation sites is 2. The van der Waals surface area contributed by atoms with E-state index in [-0.39, 0.29) is 5.82 Å². The van der Waals surface area contributed by atoms with Gasteiger partial charge in [-0.2, -0.15) is 0 Å². The fourth-order valence-electron chi connectivity index (χ4n) is 7.93. The molecule has 10 aromatic rings. The Morgan fingerprint density at radius 3 is 1.69 bits per heavy atom. The molecule has 0 aliphatic carbocycles. The first-order valence-corrected chi connectivity index (χ1v) is 18.5. The Morgan fingerprint density at radius 1 is 0.364 bits per heavy atom. The van der Waals surface area contributed by atoms with Gasteiger partial charge in [0.1, 0.15) is 17.0 Å². The quantitative estimate of drug-likeness (QED) is 0.164. The molecule has 0 fully saturated rings. The van der Waals surface area contributed by atoms with Gasteiger partial charge in [-0.15, -0.1) is 0 Å². The van der Waals surface area contributed by atoms with Crippen LogP contribution in [-0.4, -0.2) is 0 Å². The minimum atomic E-state index is -0.251. The van der Waals surface area contributed by atoms with Crippen molar-refractivity contribution in [2.45, 2.75) is 0 Å². The van der Waals surface area contributed by atoms with Gasteiger partial charge in [-0.3, -0.25) is 0 Å². The molecule has 0 saturated heterocycles. The molecule has 0 atom stereocenters. The topological polar surface area (TPSA) is 16.4 Å². The fraction of sp³-hybridized carbons (Fsp3) is 0. The number of halogens is 1. The van der Waals surface area contributed by atoms with Crippen molar-refractivity contribution in [1.82, 2.24) is 0 Å². The largest absolute Gasteiger partial charge is 0.456 e. The van der Waals surface area contributed by atoms with E-state index < -0.39 is 0 Å². The van der Waals surface area contributed by atoms with E-state index in [0.717, 1.165) is 88.7 Å². The van der Waals surface area contributed by atoms with Crippen molar-refractivity contribution in [1.29, 1.82) is 0 Å². The fourth-order valence-corrected chi connectivity index (χ4v) is 7.93. The first-order chi connectivity index (χ1) is 27.2. The van der Waals surface area contributed by atoms with Crippen LogP contribution < -0.4 is 4.90 Å². The molecule has 3 heteroatoms. The molecule has 0 radical (unpaired) electrons. The van der Waals surface area contributed by atoms with Gasteiger partial charge in [0.15, 0.2) is 0 Å². The zero-order valence-corrected chi connectivity index (χ0v) is 29.9. The third-order valence-corrected chi connectivity index (χ3v) is 10.5. The molecule has 1 aromatic heterocycles. The maximum Gasteiger partial charge on any atom is 0.136 e. The third kappa shape index (κ3) is 5.93. The Balaban J connectivity index is 1.12. The van der Waals surface area contributed by atoms with Crippen LogP contribution in [0.5, 0.6) is 0 Å². The van der Waals surface area contributed by atoms with Crippen LogP contribution in [0.25, 0.3) is 77.2 Å². The second-order valence-corrected chi connectivity index (χ2v) is 13.8. The van der Waals surface area contributed by atoms with Gasteiger partial charge in [0.2, 0.25) is 0 Å². The number of anilines is 3. The van der Waals surface area contributed by atoms with Gasteiger partial charge < -0.3 is 9.32 Å². The monoisotopic (exact) mass is 707 g/mol. The summed E-state index contributed by atoms with van der Waals surface area (Å²) in [6.07, 6.45) is 0. The lowest BCUT2D eigenvalue weighted by Gasteiger charge is -2.28. The average molecular weight is 708 g/mol. The van der Waals surface area contributed by atoms with Crippen molar-refractivity contribution in [2.24, 2.45) is 0 Å². The maximum absolute atomic E-state index is 14.6. The predicted octanol–water partition coefficient (Wildman–Crippen LogP) is 15.0. The third-order valence-electron chi connectivity index (χ3n) is 10.5. The van der Waals surface area contributed by atoms with E-state index >= 15 is 0 Å². The highest BCUT2D eigenvalue weighted by Gasteiger charge is 2.20. The van der Waals surface area contributed by atoms with Gasteiger partial charge in [-0.05, 0) is 110 Å². The van der Waals surface area contributed by atoms with Gasteiger partial charge in [0.05, 0.1) is 5.69 Å². The van der Waals surface area contributed by atoms with E-state index in [4.69, 9.17) is 4.42 Å². The molecule has 55 heavy (non-hydrogen) atoms. The minimum absolute atomic E-state index is 0.251. The minimum Gasteiger partial charge on any atom is -0.456 e. The summed E-state index contributed by atoms with van der Waals surface area (Å²) in [6, 6.07) is 70.8. The zero-order valence-electron chi connectivity index (χ0n) is 29.9. The molecule has 0 aliphatic rings. The lowest BCUT2D eigenvalue weighted by Crippen LogP contribution is -2.11. The molecule has 0 amide bonds. The van der Waals surface area contributed by atoms with Gasteiger partial charge in [0, 0.05) is 27.7 Å². The first-order valence-electron chi connectivity index (χ1n) is 18.5. The predicted molar refractivity (Wildman–Crippen MR) is 228 cm³/mol. The Kier molecular flexibility index (Phi) is 8.04. The van der Waals surface area contributed by atoms with Crippen LogP contribution in [0.4, 0.5) is 21.5 Å². The summed E-state index contributed by atoms with van der Waals surface area (Å²) in [5.74, 6) is -0.251. The zero-order chi connectivity index (χ0) is 36.7. The van der Waals surface area contributed by atoms with Crippen LogP contribution in [0.15, 0.2) is 211 Å². The van der Waals surface area contributed by atoms with Gasteiger partial charge in [0.25, 0.3) is 0 Å². The van der Waals surface area contributed by atoms with Crippen molar-refractivity contribution < 1.29 is 8.81 Å². The highest BCUT2D eigenvalue weighted by molar-refractivity contribution is 6.09. The molecular weight excluding hydrogens is 674 g/mol. The van der Waals surface area contributed by atoms with E-state index in [1.54, 1.807) is 12.1 Å². The summed E-state index contributed by atoms with van der Waals surface area (Å²) >= 11 is 0. The molecular formula is C52H34FNO. The SMILES string of the molecule is Fc1cccc(-c2cccc3cccc(-c4ccccc4N(c4ccc(-c5ccccc5)cc4)c4ccc(-c5ccc6c(c5)oc5ccccc56)cc4)c23)c1. The highest BCUT2D eigenvalue weighted by atomic mass is 19.1. The molecule has 1 heterocycles. The number of furan rings is 1. The first kappa shape index (κ1) is 32.4. The summed E-state index contributed by atoms with van der Waals surface area (Å²) in [7, 11) is 0. The number of fused-ring (bicyclic) bond motifs is 4. The van der Waals surface area contributed by atoms with Gasteiger partial charge in [-0.1, -0.05) is 146 Å². The van der Waals surface area contributed by atoms with E-state index in [2.05, 4.69) is 157 Å². The van der Waals surface area contributed by atoms with Crippen molar-refractivity contribution in [2.75, 3.05) is 4.90 Å². The smallest absolute Gasteiger partial charge is 0.136 e. The van der Waals surface area contributed by atoms with Gasteiger partial charge in [-0.25, -0.2) is 4.39 Å². The molecule has 0 unspecified atom stereocenters. The molecule has 0 spiro atoms. The van der Waals surface area contributed by atoms with Gasteiger partial charge >= 0.3 is 0 Å². The molecule has 0 bridgehead atoms. The average Bonchev–Trinajstić information content (AvgIpc) is 3.62. The van der Waals surface area contributed by atoms with E-state index in [1.807, 2.05) is 36.4 Å². The second-order valence-electron chi connectivity index (χ2n) is 13.8. The molecule has 0 aliphatic heterocycles. The van der Waals surface area contributed by atoms with E-state index in [0.29, 0.717) is 0 Å². The Morgan fingerprint density at radius 2 is 0.927 bits per heavy atom. The van der Waals surface area contributed by atoms with Crippen LogP contribution in [0.2, 0.25) is 0 Å². The summed E-state index contributed by atoms with van der Waals surface area (Å²) in [4.78, 5) is 2.33. The van der Waals surface area contributed by atoms with Crippen LogP contribution >= 0.6 is 0 Å². The lowest BCUT2D eigenvalue weighted by atomic mass is 9.90. The van der Waals surface area contributed by atoms with Crippen molar-refractivity contribution in [3.05, 3.63) is 212 Å². The van der Waals surface area contributed by atoms with Crippen molar-refractivity contribution >= 4 is 49.8 Å². The summed E-state index contributed by atoms with van der Waals surface area (Å²) < 4.78 is 20.8. The van der Waals surface area contributed by atoms with Crippen molar-refractivity contribution in [3.8, 4) is 44.5 Å². The standard InChI is InChI=1S/C52H34FNO/c53-41-16-8-15-40(33-41)44-19-9-13-38-14-10-20-48(52(38)44)45-17-4-6-21-49(45)54(42-28-23-36(24-29-42)35-11-2-1-3-12-35)43-30-25-37(26-31-43)39-27-32-47-46-18-5-7-22-50(46)55-51(47)34-39/h1-34H. The number of hydrogen-bond donors (Lipinski definition) is 0. The van der Waals surface area contributed by atoms with E-state index in [1.165, 1.54) is 11.6 Å². The number of benzene rings is 9. The molecule has 2 nitrogen and oxygen atoms in total. The molecule has 260 valence electrons. The summed E-state index contributed by atoms with van der Waals surface area (Å²) in [5.41, 5.74) is 13.4. The number of hydrogen-bond acceptors (Lipinski definition) is 2. The lowest BCUT2D eigenvalue weighted by molar-refractivity contribution is 0.628. The van der Waals surface area contributed by atoms with Crippen LogP contribution in [0.1, 0.15) is 0 Å². The molecule has 0 N–H and O–H groups in total. The van der Waals surface area contributed by atoms with E-state index in [9.17, 15) is 4.39 Å². The molecule has 9 aromatic carbocycles. The summed E-state index contributed by atoms with van der Waals surface area (Å²) in [5, 5.41) is 4.42. The summed E-state index contributed by atoms with van der Waals surface area (Å²) in [6.45, 7) is 0. The van der Waals surface area contributed by atoms with Crippen molar-refractivity contribution in [3.63, 3.8) is 0 Å². The van der Waals surface area contributed by atoms with Crippen LogP contribution in [-0.2, 0) is 0 Å². The Hall–Kier alpha value is -7.23.